The number of nitrogens with zero attached hydrogens (tertiary/aromatic N) is 4. The predicted octanol–water partition coefficient (Wildman–Crippen LogP) is 1.16. The first-order valence-electron chi connectivity index (χ1n) is 5.85. The molecule has 0 radical (unpaired) electrons. The van der Waals surface area contributed by atoms with Crippen molar-refractivity contribution < 1.29 is 9.53 Å². The van der Waals surface area contributed by atoms with E-state index in [9.17, 15) is 4.79 Å². The second kappa shape index (κ2) is 4.61. The van der Waals surface area contributed by atoms with Gasteiger partial charge in [0.1, 0.15) is 0 Å². The molecule has 0 aliphatic heterocycles. The Morgan fingerprint density at radius 1 is 1.35 bits per heavy atom. The highest BCUT2D eigenvalue weighted by atomic mass is 16.5. The van der Waals surface area contributed by atoms with Gasteiger partial charge in [0.2, 0.25) is 0 Å². The highest BCUT2D eigenvalue weighted by molar-refractivity contribution is 5.85. The van der Waals surface area contributed by atoms with Gasteiger partial charge in [-0.25, -0.2) is 9.78 Å². The number of hydrogen-bond acceptors (Lipinski definition) is 6. The number of nitrogen functional groups attached to an aromatic ring is 1. The van der Waals surface area contributed by atoms with Crippen LogP contribution in [0.15, 0.2) is 36.5 Å². The maximum Gasteiger partial charge on any atom is 0.378 e. The van der Waals surface area contributed by atoms with Gasteiger partial charge in [0.25, 0.3) is 11.6 Å². The van der Waals surface area contributed by atoms with Gasteiger partial charge in [-0.05, 0) is 18.2 Å². The van der Waals surface area contributed by atoms with Crippen LogP contribution in [0.5, 0.6) is 0 Å². The standard InChI is InChI=1S/C13H11N5O2/c1-20-12(19)11-16-13-15-6-5-10(18(13)17-11)8-3-2-4-9(14)7-8/h2-7H,14H2,1H3. The molecule has 0 unspecified atom stereocenters. The number of nitrogens with two attached hydrogens (primary N) is 1. The number of benzene rings is 1. The summed E-state index contributed by atoms with van der Waals surface area (Å²) in [5.41, 5.74) is 8.02. The third kappa shape index (κ3) is 1.95. The largest absolute Gasteiger partial charge is 0.463 e. The van der Waals surface area contributed by atoms with E-state index in [0.717, 1.165) is 11.3 Å². The van der Waals surface area contributed by atoms with Gasteiger partial charge in [-0.3, -0.25) is 0 Å². The van der Waals surface area contributed by atoms with Gasteiger partial charge < -0.3 is 10.5 Å². The highest BCUT2D eigenvalue weighted by Gasteiger charge is 2.15. The van der Waals surface area contributed by atoms with E-state index in [2.05, 4.69) is 19.8 Å². The summed E-state index contributed by atoms with van der Waals surface area (Å²) in [6, 6.07) is 9.12. The lowest BCUT2D eigenvalue weighted by molar-refractivity contribution is 0.0587. The van der Waals surface area contributed by atoms with Crippen molar-refractivity contribution in [1.29, 1.82) is 0 Å². The van der Waals surface area contributed by atoms with Crippen LogP contribution >= 0.6 is 0 Å². The Morgan fingerprint density at radius 2 is 2.20 bits per heavy atom. The fraction of sp³-hybridized carbons (Fsp3) is 0.0769. The number of carbonyl (C=O) groups is 1. The van der Waals surface area contributed by atoms with Crippen LogP contribution < -0.4 is 5.73 Å². The molecule has 2 N–H and O–H groups in total. The summed E-state index contributed by atoms with van der Waals surface area (Å²) in [5, 5.41) is 4.12. The van der Waals surface area contributed by atoms with Gasteiger partial charge in [0, 0.05) is 17.4 Å². The molecule has 0 bridgehead atoms. The molecule has 2 aromatic heterocycles. The van der Waals surface area contributed by atoms with E-state index < -0.39 is 5.97 Å². The fourth-order valence-corrected chi connectivity index (χ4v) is 1.89. The van der Waals surface area contributed by atoms with Crippen LogP contribution in [0.4, 0.5) is 5.69 Å². The summed E-state index contributed by atoms with van der Waals surface area (Å²) in [6.07, 6.45) is 1.60. The first-order valence-corrected chi connectivity index (χ1v) is 5.85. The molecule has 1 aromatic carbocycles. The molecule has 0 saturated heterocycles. The lowest BCUT2D eigenvalue weighted by Crippen LogP contribution is -2.04. The van der Waals surface area contributed by atoms with Crippen LogP contribution in [0.25, 0.3) is 17.0 Å². The zero-order chi connectivity index (χ0) is 14.1. The Hall–Kier alpha value is -2.96. The minimum Gasteiger partial charge on any atom is -0.463 e. The van der Waals surface area contributed by atoms with Crippen LogP contribution in [0.2, 0.25) is 0 Å². The number of carbonyl (C=O) groups excluding carboxylic acids is 1. The summed E-state index contributed by atoms with van der Waals surface area (Å²) in [7, 11) is 1.28. The molecule has 0 fully saturated rings. The van der Waals surface area contributed by atoms with Crippen molar-refractivity contribution >= 4 is 17.4 Å². The van der Waals surface area contributed by atoms with Crippen molar-refractivity contribution in [3.05, 3.63) is 42.4 Å². The summed E-state index contributed by atoms with van der Waals surface area (Å²) in [4.78, 5) is 19.6. The third-order valence-corrected chi connectivity index (χ3v) is 2.79. The van der Waals surface area contributed by atoms with E-state index in [1.54, 1.807) is 18.3 Å². The molecular formula is C13H11N5O2. The van der Waals surface area contributed by atoms with Gasteiger partial charge >= 0.3 is 5.97 Å². The molecule has 0 aliphatic rings. The minimum absolute atomic E-state index is 0.0312. The number of methoxy groups -OCH3 is 1. The molecule has 0 saturated carbocycles. The molecule has 20 heavy (non-hydrogen) atoms. The van der Waals surface area contributed by atoms with Crippen molar-refractivity contribution in [3.8, 4) is 11.3 Å². The lowest BCUT2D eigenvalue weighted by Gasteiger charge is -2.04. The van der Waals surface area contributed by atoms with E-state index >= 15 is 0 Å². The number of ether oxygens (including phenoxy) is 1. The molecule has 3 aromatic rings. The molecule has 100 valence electrons. The van der Waals surface area contributed by atoms with Crippen molar-refractivity contribution in [2.24, 2.45) is 0 Å². The van der Waals surface area contributed by atoms with E-state index in [1.807, 2.05) is 18.2 Å². The number of aromatic nitrogens is 4. The monoisotopic (exact) mass is 269 g/mol. The molecule has 0 aliphatic carbocycles. The summed E-state index contributed by atoms with van der Waals surface area (Å²) >= 11 is 0. The van der Waals surface area contributed by atoms with Crippen LogP contribution in [-0.2, 0) is 4.74 Å². The molecule has 7 nitrogen and oxygen atoms in total. The first-order chi connectivity index (χ1) is 9.69. The van der Waals surface area contributed by atoms with Gasteiger partial charge in [0.05, 0.1) is 12.8 Å². The molecule has 0 spiro atoms. The molecule has 7 heteroatoms. The summed E-state index contributed by atoms with van der Waals surface area (Å²) < 4.78 is 6.09. The normalized spacial score (nSPS) is 10.7. The zero-order valence-electron chi connectivity index (χ0n) is 10.6. The van der Waals surface area contributed by atoms with Crippen molar-refractivity contribution in [2.45, 2.75) is 0 Å². The third-order valence-electron chi connectivity index (χ3n) is 2.79. The van der Waals surface area contributed by atoms with Crippen LogP contribution in [-0.4, -0.2) is 32.7 Å². The average Bonchev–Trinajstić information content (AvgIpc) is 2.90. The maximum absolute atomic E-state index is 11.5. The van der Waals surface area contributed by atoms with Gasteiger partial charge in [0.15, 0.2) is 0 Å². The number of fused-ring (bicyclic) bond motifs is 1. The Morgan fingerprint density at radius 3 is 2.95 bits per heavy atom. The van der Waals surface area contributed by atoms with Gasteiger partial charge in [-0.15, -0.1) is 5.10 Å². The molecule has 2 heterocycles. The number of anilines is 1. The van der Waals surface area contributed by atoms with Gasteiger partial charge in [-0.1, -0.05) is 12.1 Å². The van der Waals surface area contributed by atoms with Crippen molar-refractivity contribution in [1.82, 2.24) is 19.6 Å². The van der Waals surface area contributed by atoms with Gasteiger partial charge in [-0.2, -0.15) is 9.50 Å². The second-order valence-corrected chi connectivity index (χ2v) is 4.09. The smallest absolute Gasteiger partial charge is 0.378 e. The first kappa shape index (κ1) is 12.1. The molecular weight excluding hydrogens is 258 g/mol. The molecule has 0 atom stereocenters. The van der Waals surface area contributed by atoms with Crippen molar-refractivity contribution in [2.75, 3.05) is 12.8 Å². The summed E-state index contributed by atoms with van der Waals surface area (Å²) in [5.74, 6) is -0.310. The Bertz CT molecular complexity index is 796. The van der Waals surface area contributed by atoms with E-state index in [0.29, 0.717) is 11.5 Å². The second-order valence-electron chi connectivity index (χ2n) is 4.09. The Balaban J connectivity index is 2.21. The number of rotatable bonds is 2. The number of hydrogen-bond donors (Lipinski definition) is 1. The van der Waals surface area contributed by atoms with E-state index in [4.69, 9.17) is 5.73 Å². The van der Waals surface area contributed by atoms with Crippen molar-refractivity contribution in [3.63, 3.8) is 0 Å². The quantitative estimate of drug-likeness (QED) is 0.554. The highest BCUT2D eigenvalue weighted by Crippen LogP contribution is 2.21. The predicted molar refractivity (Wildman–Crippen MR) is 72.0 cm³/mol. The SMILES string of the molecule is COC(=O)c1nc2nccc(-c3cccc(N)c3)n2n1. The van der Waals surface area contributed by atoms with E-state index in [1.165, 1.54) is 11.6 Å². The Kier molecular flexibility index (Phi) is 2.79. The fourth-order valence-electron chi connectivity index (χ4n) is 1.89. The lowest BCUT2D eigenvalue weighted by atomic mass is 10.1. The van der Waals surface area contributed by atoms with Crippen LogP contribution in [0.3, 0.4) is 0 Å². The van der Waals surface area contributed by atoms with E-state index in [-0.39, 0.29) is 5.82 Å². The van der Waals surface area contributed by atoms with Crippen LogP contribution in [0, 0.1) is 0 Å². The summed E-state index contributed by atoms with van der Waals surface area (Å²) in [6.45, 7) is 0. The maximum atomic E-state index is 11.5. The molecule has 3 rings (SSSR count). The minimum atomic E-state index is -0.603. The topological polar surface area (TPSA) is 95.4 Å². The van der Waals surface area contributed by atoms with Crippen LogP contribution in [0.1, 0.15) is 10.6 Å². The Labute approximate surface area is 114 Å². The average molecular weight is 269 g/mol. The number of esters is 1. The molecule has 0 amide bonds. The zero-order valence-corrected chi connectivity index (χ0v) is 10.6.